The Morgan fingerprint density at radius 3 is 2.58 bits per heavy atom. The van der Waals surface area contributed by atoms with Gasteiger partial charge in [-0.2, -0.15) is 0 Å². The van der Waals surface area contributed by atoms with Crippen molar-refractivity contribution in [2.45, 2.75) is 39.7 Å². The number of hydrogen-bond donors (Lipinski definition) is 2. The fourth-order valence-corrected chi connectivity index (χ4v) is 5.00. The van der Waals surface area contributed by atoms with E-state index in [-0.39, 0.29) is 17.6 Å². The molecule has 9 heteroatoms. The van der Waals surface area contributed by atoms with Crippen molar-refractivity contribution in [3.8, 4) is 0 Å². The van der Waals surface area contributed by atoms with Gasteiger partial charge < -0.3 is 25.3 Å². The molecule has 0 spiro atoms. The molecule has 0 aliphatic carbocycles. The number of halogens is 2. The number of aromatic amines is 1. The lowest BCUT2D eigenvalue weighted by Gasteiger charge is -2.36. The molecule has 168 valence electrons. The van der Waals surface area contributed by atoms with E-state index in [0.717, 1.165) is 6.42 Å². The van der Waals surface area contributed by atoms with Gasteiger partial charge in [-0.3, -0.25) is 4.79 Å². The maximum atomic E-state index is 15.2. The lowest BCUT2D eigenvalue weighted by molar-refractivity contribution is 0.0284. The van der Waals surface area contributed by atoms with Crippen LogP contribution in [0.25, 0.3) is 10.9 Å². The number of anilines is 1. The Morgan fingerprint density at radius 1 is 1.26 bits per heavy atom. The summed E-state index contributed by atoms with van der Waals surface area (Å²) in [5, 5.41) is 0.865. The summed E-state index contributed by atoms with van der Waals surface area (Å²) < 4.78 is 20.8. The predicted octanol–water partition coefficient (Wildman–Crippen LogP) is 4.06. The number of primary amides is 1. The molecule has 3 N–H and O–H groups in total. The first-order chi connectivity index (χ1) is 14.5. The highest BCUT2D eigenvalue weighted by atomic mass is 35.5. The van der Waals surface area contributed by atoms with Crippen LogP contribution >= 0.6 is 11.6 Å². The molecule has 2 aliphatic rings. The molecule has 7 nitrogen and oxygen atoms in total. The van der Waals surface area contributed by atoms with Gasteiger partial charge >= 0.3 is 6.09 Å². The van der Waals surface area contributed by atoms with Gasteiger partial charge in [0.25, 0.3) is 5.91 Å². The monoisotopic (exact) mass is 450 g/mol. The Hall–Kier alpha value is -2.48. The zero-order chi connectivity index (χ0) is 22.7. The number of amides is 2. The van der Waals surface area contributed by atoms with Gasteiger partial charge in [-0.1, -0.05) is 11.6 Å². The molecule has 2 fully saturated rings. The van der Waals surface area contributed by atoms with Gasteiger partial charge in [0.15, 0.2) is 0 Å². The molecule has 2 amide bonds. The molecule has 0 bridgehead atoms. The van der Waals surface area contributed by atoms with Crippen LogP contribution in [0.4, 0.5) is 14.9 Å². The van der Waals surface area contributed by atoms with Gasteiger partial charge in [0.2, 0.25) is 0 Å². The molecule has 3 heterocycles. The number of nitrogens with two attached hydrogens (primary N) is 1. The first kappa shape index (κ1) is 21.7. The number of ether oxygens (including phenoxy) is 1. The topological polar surface area (TPSA) is 91.7 Å². The van der Waals surface area contributed by atoms with Crippen molar-refractivity contribution in [2.75, 3.05) is 31.1 Å². The average Bonchev–Trinajstić information content (AvgIpc) is 3.21. The number of carbonyl (C=O) groups is 2. The second-order valence-corrected chi connectivity index (χ2v) is 9.95. The Balaban J connectivity index is 1.63. The van der Waals surface area contributed by atoms with Gasteiger partial charge in [-0.15, -0.1) is 0 Å². The number of piperidine rings is 1. The Morgan fingerprint density at radius 2 is 1.94 bits per heavy atom. The fourth-order valence-electron chi connectivity index (χ4n) is 4.76. The van der Waals surface area contributed by atoms with Gasteiger partial charge in [0.05, 0.1) is 21.8 Å². The van der Waals surface area contributed by atoms with Crippen LogP contribution in [0.1, 0.15) is 43.2 Å². The van der Waals surface area contributed by atoms with Crippen molar-refractivity contribution < 1.29 is 18.7 Å². The zero-order valence-electron chi connectivity index (χ0n) is 18.2. The Bertz CT molecular complexity index is 1060. The van der Waals surface area contributed by atoms with Crippen LogP contribution in [-0.2, 0) is 4.74 Å². The van der Waals surface area contributed by atoms with E-state index < -0.39 is 17.3 Å². The van der Waals surface area contributed by atoms with Crippen molar-refractivity contribution >= 4 is 40.2 Å². The average molecular weight is 451 g/mol. The molecular formula is C22H28ClFN4O3. The predicted molar refractivity (Wildman–Crippen MR) is 118 cm³/mol. The smallest absolute Gasteiger partial charge is 0.410 e. The van der Waals surface area contributed by atoms with Gasteiger partial charge in [-0.25, -0.2) is 9.18 Å². The van der Waals surface area contributed by atoms with E-state index in [1.807, 2.05) is 25.7 Å². The molecule has 2 aliphatic heterocycles. The minimum absolute atomic E-state index is 0.0816. The number of benzene rings is 1. The van der Waals surface area contributed by atoms with E-state index in [2.05, 4.69) is 4.98 Å². The molecule has 0 radical (unpaired) electrons. The molecule has 2 atom stereocenters. The number of aromatic nitrogens is 1. The van der Waals surface area contributed by atoms with E-state index in [4.69, 9.17) is 22.1 Å². The van der Waals surface area contributed by atoms with Crippen LogP contribution in [-0.4, -0.2) is 53.7 Å². The highest BCUT2D eigenvalue weighted by Gasteiger charge is 2.41. The number of aryl methyl sites for hydroxylation is 1. The molecule has 2 saturated heterocycles. The third-order valence-corrected chi connectivity index (χ3v) is 6.62. The summed E-state index contributed by atoms with van der Waals surface area (Å²) in [7, 11) is 0. The SMILES string of the molecule is Cc1[nH]c2c(C(N)=O)cc(F)c(N3CC[C@@H]4CN(C(=O)OC(C)(C)C)C[C@H]4C3)c2c1Cl. The number of H-pyrrole nitrogens is 1. The van der Waals surface area contributed by atoms with Gasteiger partial charge in [-0.05, 0) is 52.0 Å². The number of hydrogen-bond acceptors (Lipinski definition) is 4. The normalized spacial score (nSPS) is 21.5. The van der Waals surface area contributed by atoms with Crippen molar-refractivity contribution in [1.82, 2.24) is 9.88 Å². The highest BCUT2D eigenvalue weighted by molar-refractivity contribution is 6.38. The second-order valence-electron chi connectivity index (χ2n) is 9.57. The number of nitrogens with one attached hydrogen (secondary N) is 1. The Labute approximate surface area is 185 Å². The van der Waals surface area contributed by atoms with Crippen molar-refractivity contribution in [3.05, 3.63) is 28.2 Å². The second kappa shape index (κ2) is 7.58. The van der Waals surface area contributed by atoms with Crippen molar-refractivity contribution in [2.24, 2.45) is 17.6 Å². The molecule has 0 saturated carbocycles. The number of fused-ring (bicyclic) bond motifs is 2. The van der Waals surface area contributed by atoms with Crippen molar-refractivity contribution in [3.63, 3.8) is 0 Å². The summed E-state index contributed by atoms with van der Waals surface area (Å²) in [6.45, 7) is 9.76. The van der Waals surface area contributed by atoms with Crippen LogP contribution in [0, 0.1) is 24.6 Å². The van der Waals surface area contributed by atoms with Crippen LogP contribution in [0.3, 0.4) is 0 Å². The Kier molecular flexibility index (Phi) is 5.32. The lowest BCUT2D eigenvalue weighted by Crippen LogP contribution is -2.40. The molecule has 2 aromatic rings. The minimum atomic E-state index is -0.712. The molecule has 1 aromatic carbocycles. The zero-order valence-corrected chi connectivity index (χ0v) is 19.0. The van der Waals surface area contributed by atoms with E-state index in [0.29, 0.717) is 59.4 Å². The van der Waals surface area contributed by atoms with E-state index >= 15 is 4.39 Å². The van der Waals surface area contributed by atoms with E-state index in [9.17, 15) is 9.59 Å². The van der Waals surface area contributed by atoms with Crippen LogP contribution in [0.5, 0.6) is 0 Å². The summed E-state index contributed by atoms with van der Waals surface area (Å²) in [5.41, 5.74) is 6.48. The maximum absolute atomic E-state index is 15.2. The molecular weight excluding hydrogens is 423 g/mol. The summed E-state index contributed by atoms with van der Waals surface area (Å²) in [6, 6.07) is 1.18. The third-order valence-electron chi connectivity index (χ3n) is 6.15. The molecule has 4 rings (SSSR count). The summed E-state index contributed by atoms with van der Waals surface area (Å²) in [6.07, 6.45) is 0.515. The number of rotatable bonds is 2. The number of carbonyl (C=O) groups excluding carboxylic acids is 2. The first-order valence-corrected chi connectivity index (χ1v) is 10.9. The number of likely N-dealkylation sites (tertiary alicyclic amines) is 1. The van der Waals surface area contributed by atoms with Crippen LogP contribution < -0.4 is 10.6 Å². The van der Waals surface area contributed by atoms with Crippen LogP contribution in [0.2, 0.25) is 5.02 Å². The fraction of sp³-hybridized carbons (Fsp3) is 0.545. The van der Waals surface area contributed by atoms with E-state index in [1.165, 1.54) is 6.07 Å². The standard InChI is InChI=1S/C22H28ClFN4O3/c1-11-17(23)16-18(26-11)14(20(25)29)7-15(24)19(16)27-6-5-12-8-28(10-13(12)9-27)21(30)31-22(2,3)4/h7,12-13,26H,5-6,8-10H2,1-4H3,(H2,25,29)/t12-,13-/m1/s1. The molecule has 31 heavy (non-hydrogen) atoms. The van der Waals surface area contributed by atoms with Crippen molar-refractivity contribution in [1.29, 1.82) is 0 Å². The summed E-state index contributed by atoms with van der Waals surface area (Å²) in [4.78, 5) is 31.2. The molecule has 1 aromatic heterocycles. The largest absolute Gasteiger partial charge is 0.444 e. The highest BCUT2D eigenvalue weighted by Crippen LogP contribution is 2.42. The van der Waals surface area contributed by atoms with E-state index in [1.54, 1.807) is 11.8 Å². The maximum Gasteiger partial charge on any atom is 0.410 e. The summed E-state index contributed by atoms with van der Waals surface area (Å²) >= 11 is 6.51. The number of nitrogens with zero attached hydrogens (tertiary/aromatic N) is 2. The van der Waals surface area contributed by atoms with Gasteiger partial charge in [0, 0.05) is 37.3 Å². The van der Waals surface area contributed by atoms with Gasteiger partial charge in [0.1, 0.15) is 11.4 Å². The quantitative estimate of drug-likeness (QED) is 0.721. The molecule has 0 unspecified atom stereocenters. The first-order valence-electron chi connectivity index (χ1n) is 10.5. The van der Waals surface area contributed by atoms with Crippen LogP contribution in [0.15, 0.2) is 6.07 Å². The summed E-state index contributed by atoms with van der Waals surface area (Å²) in [5.74, 6) is -0.695. The third kappa shape index (κ3) is 3.93. The lowest BCUT2D eigenvalue weighted by atomic mass is 9.88. The minimum Gasteiger partial charge on any atom is -0.444 e.